The summed E-state index contributed by atoms with van der Waals surface area (Å²) in [6.45, 7) is 4.15. The van der Waals surface area contributed by atoms with E-state index in [1.165, 1.54) is 31.9 Å². The number of rotatable bonds is 5. The molecule has 1 aromatic rings. The number of nitrogens with one attached hydrogen (secondary N) is 2. The third-order valence-corrected chi connectivity index (χ3v) is 4.61. The van der Waals surface area contributed by atoms with Crippen molar-refractivity contribution >= 4 is 21.4 Å². The van der Waals surface area contributed by atoms with Crippen LogP contribution in [0.15, 0.2) is 18.2 Å². The van der Waals surface area contributed by atoms with E-state index in [2.05, 4.69) is 17.0 Å². The van der Waals surface area contributed by atoms with Gasteiger partial charge in [0, 0.05) is 11.7 Å². The highest BCUT2D eigenvalue weighted by Gasteiger charge is 2.21. The normalized spacial score (nSPS) is 17.9. The van der Waals surface area contributed by atoms with Crippen molar-refractivity contribution in [3.05, 3.63) is 23.8 Å². The van der Waals surface area contributed by atoms with Gasteiger partial charge < -0.3 is 5.32 Å². The Hall–Kier alpha value is -1.23. The van der Waals surface area contributed by atoms with Gasteiger partial charge in [0.15, 0.2) is 0 Å². The van der Waals surface area contributed by atoms with Gasteiger partial charge >= 0.3 is 0 Å². The molecule has 2 rings (SSSR count). The summed E-state index contributed by atoms with van der Waals surface area (Å²) in [7, 11) is -3.22. The number of anilines is 2. The van der Waals surface area contributed by atoms with Gasteiger partial charge in [-0.2, -0.15) is 0 Å². The van der Waals surface area contributed by atoms with E-state index >= 15 is 0 Å². The summed E-state index contributed by atoms with van der Waals surface area (Å²) in [6.07, 6.45) is 6.46. The summed E-state index contributed by atoms with van der Waals surface area (Å²) in [5.74, 6) is 0.754. The molecule has 0 amide bonds. The molecule has 2 N–H and O–H groups in total. The van der Waals surface area contributed by atoms with E-state index in [4.69, 9.17) is 0 Å². The summed E-state index contributed by atoms with van der Waals surface area (Å²) in [6, 6.07) is 6.22. The molecule has 20 heavy (non-hydrogen) atoms. The summed E-state index contributed by atoms with van der Waals surface area (Å²) >= 11 is 0. The molecule has 0 radical (unpaired) electrons. The molecule has 5 heteroatoms. The Bertz CT molecular complexity index is 563. The monoisotopic (exact) mass is 296 g/mol. The molecule has 0 aliphatic heterocycles. The Morgan fingerprint density at radius 3 is 2.45 bits per heavy atom. The van der Waals surface area contributed by atoms with E-state index in [-0.39, 0.29) is 0 Å². The summed E-state index contributed by atoms with van der Waals surface area (Å²) < 4.78 is 25.1. The zero-order valence-corrected chi connectivity index (χ0v) is 13.3. The van der Waals surface area contributed by atoms with Crippen LogP contribution >= 0.6 is 0 Å². The standard InChI is InChI=1S/C15H24N2O2S/c1-11-10-14(8-9-15(11)17-20(3,18)19)16-12(2)13-6-4-5-7-13/h8-10,12-13,16-17H,4-7H2,1-3H3. The Balaban J connectivity index is 2.05. The van der Waals surface area contributed by atoms with Crippen molar-refractivity contribution in [3.63, 3.8) is 0 Å². The minimum Gasteiger partial charge on any atom is -0.382 e. The van der Waals surface area contributed by atoms with E-state index in [1.807, 2.05) is 25.1 Å². The van der Waals surface area contributed by atoms with Gasteiger partial charge in [-0.1, -0.05) is 12.8 Å². The third kappa shape index (κ3) is 4.13. The summed E-state index contributed by atoms with van der Waals surface area (Å²) in [4.78, 5) is 0. The topological polar surface area (TPSA) is 58.2 Å². The van der Waals surface area contributed by atoms with Crippen molar-refractivity contribution in [2.45, 2.75) is 45.6 Å². The van der Waals surface area contributed by atoms with Crippen LogP contribution in [0.1, 0.15) is 38.2 Å². The number of benzene rings is 1. The van der Waals surface area contributed by atoms with Crippen LogP contribution < -0.4 is 10.0 Å². The molecule has 1 atom stereocenters. The molecule has 0 saturated heterocycles. The molecule has 112 valence electrons. The van der Waals surface area contributed by atoms with Gasteiger partial charge in [0.05, 0.1) is 11.9 Å². The molecule has 0 aromatic heterocycles. The predicted octanol–water partition coefficient (Wildman–Crippen LogP) is 3.36. The third-order valence-electron chi connectivity index (χ3n) is 4.02. The molecule has 0 bridgehead atoms. The molecular weight excluding hydrogens is 272 g/mol. The first-order chi connectivity index (χ1) is 9.35. The van der Waals surface area contributed by atoms with Crippen LogP contribution in [0.2, 0.25) is 0 Å². The van der Waals surface area contributed by atoms with E-state index in [1.54, 1.807) is 0 Å². The van der Waals surface area contributed by atoms with Crippen LogP contribution in [0.25, 0.3) is 0 Å². The molecule has 4 nitrogen and oxygen atoms in total. The number of hydrogen-bond donors (Lipinski definition) is 2. The minimum absolute atomic E-state index is 0.464. The maximum Gasteiger partial charge on any atom is 0.229 e. The zero-order valence-electron chi connectivity index (χ0n) is 12.4. The molecule has 1 aliphatic carbocycles. The highest BCUT2D eigenvalue weighted by molar-refractivity contribution is 7.92. The highest BCUT2D eigenvalue weighted by Crippen LogP contribution is 2.30. The molecule has 1 fully saturated rings. The maximum absolute atomic E-state index is 11.3. The first kappa shape index (κ1) is 15.2. The quantitative estimate of drug-likeness (QED) is 0.876. The number of aryl methyl sites for hydroxylation is 1. The van der Waals surface area contributed by atoms with Gasteiger partial charge in [-0.3, -0.25) is 4.72 Å². The first-order valence-corrected chi connectivity index (χ1v) is 9.09. The lowest BCUT2D eigenvalue weighted by Gasteiger charge is -2.22. The highest BCUT2D eigenvalue weighted by atomic mass is 32.2. The minimum atomic E-state index is -3.22. The van der Waals surface area contributed by atoms with E-state index in [9.17, 15) is 8.42 Å². The second-order valence-corrected chi connectivity index (χ2v) is 7.63. The number of hydrogen-bond acceptors (Lipinski definition) is 3. The molecule has 1 unspecified atom stereocenters. The van der Waals surface area contributed by atoms with E-state index in [0.717, 1.165) is 17.2 Å². The van der Waals surface area contributed by atoms with Crippen LogP contribution in [-0.2, 0) is 10.0 Å². The van der Waals surface area contributed by atoms with Crippen molar-refractivity contribution in [1.82, 2.24) is 0 Å². The number of sulfonamides is 1. The Kier molecular flexibility index (Phi) is 4.58. The van der Waals surface area contributed by atoms with Crippen LogP contribution in [0, 0.1) is 12.8 Å². The molecule has 1 aromatic carbocycles. The lowest BCUT2D eigenvalue weighted by molar-refractivity contribution is 0.482. The zero-order chi connectivity index (χ0) is 14.8. The van der Waals surface area contributed by atoms with E-state index in [0.29, 0.717) is 11.7 Å². The molecule has 1 saturated carbocycles. The fraction of sp³-hybridized carbons (Fsp3) is 0.600. The lowest BCUT2D eigenvalue weighted by Crippen LogP contribution is -2.23. The molecular formula is C15H24N2O2S. The first-order valence-electron chi connectivity index (χ1n) is 7.20. The van der Waals surface area contributed by atoms with Gasteiger partial charge in [0.1, 0.15) is 0 Å². The summed E-state index contributed by atoms with van der Waals surface area (Å²) in [5.41, 5.74) is 2.63. The van der Waals surface area contributed by atoms with Crippen LogP contribution in [0.5, 0.6) is 0 Å². The van der Waals surface area contributed by atoms with E-state index < -0.39 is 10.0 Å². The molecule has 1 aliphatic rings. The second kappa shape index (κ2) is 6.04. The van der Waals surface area contributed by atoms with Crippen molar-refractivity contribution < 1.29 is 8.42 Å². The van der Waals surface area contributed by atoms with Crippen molar-refractivity contribution in [2.24, 2.45) is 5.92 Å². The van der Waals surface area contributed by atoms with Gasteiger partial charge in [-0.25, -0.2) is 8.42 Å². The average molecular weight is 296 g/mol. The maximum atomic E-state index is 11.3. The predicted molar refractivity (Wildman–Crippen MR) is 84.7 cm³/mol. The fourth-order valence-corrected chi connectivity index (χ4v) is 3.53. The Labute approximate surface area is 122 Å². The molecule has 0 spiro atoms. The van der Waals surface area contributed by atoms with Crippen LogP contribution in [0.3, 0.4) is 0 Å². The Morgan fingerprint density at radius 2 is 1.90 bits per heavy atom. The van der Waals surface area contributed by atoms with Crippen molar-refractivity contribution in [2.75, 3.05) is 16.3 Å². The van der Waals surface area contributed by atoms with Crippen molar-refractivity contribution in [3.8, 4) is 0 Å². The largest absolute Gasteiger partial charge is 0.382 e. The van der Waals surface area contributed by atoms with Crippen LogP contribution in [0.4, 0.5) is 11.4 Å². The fourth-order valence-electron chi connectivity index (χ4n) is 2.91. The Morgan fingerprint density at radius 1 is 1.25 bits per heavy atom. The van der Waals surface area contributed by atoms with Gasteiger partial charge in [-0.15, -0.1) is 0 Å². The smallest absolute Gasteiger partial charge is 0.229 e. The average Bonchev–Trinajstić information content (AvgIpc) is 2.85. The molecule has 0 heterocycles. The lowest BCUT2D eigenvalue weighted by atomic mass is 9.99. The van der Waals surface area contributed by atoms with Gasteiger partial charge in [0.2, 0.25) is 10.0 Å². The van der Waals surface area contributed by atoms with Crippen LogP contribution in [-0.4, -0.2) is 20.7 Å². The second-order valence-electron chi connectivity index (χ2n) is 5.88. The van der Waals surface area contributed by atoms with Crippen molar-refractivity contribution in [1.29, 1.82) is 0 Å². The van der Waals surface area contributed by atoms with Gasteiger partial charge in [0.25, 0.3) is 0 Å². The van der Waals surface area contributed by atoms with Gasteiger partial charge in [-0.05, 0) is 56.4 Å². The SMILES string of the molecule is Cc1cc(NC(C)C2CCCC2)ccc1NS(C)(=O)=O. The summed E-state index contributed by atoms with van der Waals surface area (Å²) in [5, 5.41) is 3.54.